The molecule has 0 fully saturated rings. The molecule has 0 saturated carbocycles. The summed E-state index contributed by atoms with van der Waals surface area (Å²) in [5.41, 5.74) is 6.34. The third-order valence-corrected chi connectivity index (χ3v) is 7.69. The minimum absolute atomic E-state index is 0.891. The molecular weight excluding hydrogens is 553 g/mol. The second-order valence-electron chi connectivity index (χ2n) is 11.3. The minimum Gasteiger partial charge on any atom is -0.0918 e. The molecule has 0 N–H and O–H groups in total. The molecule has 0 spiro atoms. The van der Waals surface area contributed by atoms with Crippen molar-refractivity contribution in [3.63, 3.8) is 0 Å². The Hall–Kier alpha value is -5.72. The SMILES string of the molecule is C=c1ccccc(=C)c(/C(C)=C/C=C(\C)c2c(=C)ccccc(=C)c(-c3ccc(=C)ccccc(=C)c3)c3ccccc23)ccc1. The Balaban J connectivity index is 2.10. The maximum atomic E-state index is 4.52. The summed E-state index contributed by atoms with van der Waals surface area (Å²) < 4.78 is 0. The number of benzene rings is 1. The third kappa shape index (κ3) is 8.68. The zero-order chi connectivity index (χ0) is 33.1. The maximum Gasteiger partial charge on any atom is -0.00384 e. The average Bonchev–Trinajstić information content (AvgIpc) is 3.03. The molecule has 0 aliphatic rings. The van der Waals surface area contributed by atoms with E-state index in [0.717, 1.165) is 75.5 Å². The van der Waals surface area contributed by atoms with Crippen LogP contribution in [0, 0.1) is 0 Å². The summed E-state index contributed by atoms with van der Waals surface area (Å²) in [5, 5.41) is 7.64. The highest BCUT2D eigenvalue weighted by Crippen LogP contribution is 2.27. The number of allylic oxidation sites excluding steroid dienone is 4. The van der Waals surface area contributed by atoms with E-state index in [1.807, 2.05) is 84.9 Å². The minimum atomic E-state index is 0.891. The van der Waals surface area contributed by atoms with Crippen molar-refractivity contribution in [2.24, 2.45) is 0 Å². The van der Waals surface area contributed by atoms with Gasteiger partial charge in [-0.15, -0.1) is 0 Å². The second kappa shape index (κ2) is 15.8. The van der Waals surface area contributed by atoms with Crippen LogP contribution in [0.5, 0.6) is 0 Å². The van der Waals surface area contributed by atoms with E-state index in [1.54, 1.807) is 0 Å². The molecule has 0 aromatic heterocycles. The quantitative estimate of drug-likeness (QED) is 0.211. The molecule has 226 valence electrons. The van der Waals surface area contributed by atoms with Crippen molar-refractivity contribution in [2.75, 3.05) is 0 Å². The largest absolute Gasteiger partial charge is 0.0918 e. The lowest BCUT2D eigenvalue weighted by Gasteiger charge is -2.10. The van der Waals surface area contributed by atoms with Crippen LogP contribution in [0.1, 0.15) is 25.0 Å². The Morgan fingerprint density at radius 2 is 0.935 bits per heavy atom. The van der Waals surface area contributed by atoms with Crippen LogP contribution in [-0.4, -0.2) is 0 Å². The van der Waals surface area contributed by atoms with E-state index < -0.39 is 0 Å². The lowest BCUT2D eigenvalue weighted by molar-refractivity contribution is 1.52. The molecule has 0 amide bonds. The fraction of sp³-hybridized carbons (Fsp3) is 0.0435. The van der Waals surface area contributed by atoms with Crippen LogP contribution in [0.15, 0.2) is 146 Å². The van der Waals surface area contributed by atoms with Crippen molar-refractivity contribution in [1.82, 2.24) is 0 Å². The van der Waals surface area contributed by atoms with Crippen molar-refractivity contribution in [1.29, 1.82) is 0 Å². The molecule has 4 aromatic carbocycles. The van der Waals surface area contributed by atoms with Gasteiger partial charge < -0.3 is 0 Å². The first-order valence-electron chi connectivity index (χ1n) is 15.3. The van der Waals surface area contributed by atoms with E-state index in [4.69, 9.17) is 0 Å². The van der Waals surface area contributed by atoms with Crippen LogP contribution in [0.2, 0.25) is 0 Å². The van der Waals surface area contributed by atoms with E-state index in [0.29, 0.717) is 0 Å². The predicted octanol–water partition coefficient (Wildman–Crippen LogP) is 7.85. The molecule has 0 aliphatic heterocycles. The molecule has 4 rings (SSSR count). The monoisotopic (exact) mass is 594 g/mol. The van der Waals surface area contributed by atoms with Gasteiger partial charge in [-0.1, -0.05) is 179 Å². The number of hydrogen-bond donors (Lipinski definition) is 0. The van der Waals surface area contributed by atoms with Gasteiger partial charge in [-0.3, -0.25) is 0 Å². The number of rotatable bonds is 4. The molecule has 0 bridgehead atoms. The Bertz CT molecular complexity index is 2340. The molecule has 0 heterocycles. The Labute approximate surface area is 273 Å². The van der Waals surface area contributed by atoms with Crippen LogP contribution in [0.25, 0.3) is 72.5 Å². The lowest BCUT2D eigenvalue weighted by atomic mass is 9.93. The fourth-order valence-electron chi connectivity index (χ4n) is 5.32. The zero-order valence-electron chi connectivity index (χ0n) is 27.1. The molecule has 0 heteroatoms. The molecule has 0 nitrogen and oxygen atoms in total. The first-order valence-corrected chi connectivity index (χ1v) is 15.3. The zero-order valence-corrected chi connectivity index (χ0v) is 27.1. The lowest BCUT2D eigenvalue weighted by Crippen LogP contribution is -2.07. The Kier molecular flexibility index (Phi) is 11.4. The summed E-state index contributed by atoms with van der Waals surface area (Å²) >= 11 is 0. The van der Waals surface area contributed by atoms with Crippen LogP contribution in [0.3, 0.4) is 0 Å². The van der Waals surface area contributed by atoms with Crippen LogP contribution in [-0.2, 0) is 0 Å². The number of fused-ring (bicyclic) bond motifs is 1. The van der Waals surface area contributed by atoms with Gasteiger partial charge in [-0.05, 0) is 95.4 Å². The molecule has 0 unspecified atom stereocenters. The normalized spacial score (nSPS) is 11.2. The van der Waals surface area contributed by atoms with Gasteiger partial charge >= 0.3 is 0 Å². The predicted molar refractivity (Wildman–Crippen MR) is 207 cm³/mol. The first-order chi connectivity index (χ1) is 22.2. The van der Waals surface area contributed by atoms with Gasteiger partial charge in [-0.25, -0.2) is 0 Å². The van der Waals surface area contributed by atoms with Crippen molar-refractivity contribution in [3.05, 3.63) is 188 Å². The highest BCUT2D eigenvalue weighted by Gasteiger charge is 2.07. The summed E-state index contributed by atoms with van der Waals surface area (Å²) in [6.07, 6.45) is 4.32. The first kappa shape index (κ1) is 33.2. The van der Waals surface area contributed by atoms with Crippen molar-refractivity contribution in [3.8, 4) is 11.1 Å². The van der Waals surface area contributed by atoms with E-state index in [1.165, 1.54) is 0 Å². The second-order valence-corrected chi connectivity index (χ2v) is 11.3. The number of hydrogen-bond acceptors (Lipinski definition) is 0. The molecule has 0 radical (unpaired) electrons. The molecule has 0 aliphatic carbocycles. The van der Waals surface area contributed by atoms with E-state index in [9.17, 15) is 0 Å². The van der Waals surface area contributed by atoms with Gasteiger partial charge in [0.1, 0.15) is 0 Å². The van der Waals surface area contributed by atoms with Gasteiger partial charge in [-0.2, -0.15) is 0 Å². The van der Waals surface area contributed by atoms with Crippen molar-refractivity contribution in [2.45, 2.75) is 13.8 Å². The van der Waals surface area contributed by atoms with Gasteiger partial charge in [0, 0.05) is 0 Å². The fourth-order valence-corrected chi connectivity index (χ4v) is 5.32. The molecule has 0 atom stereocenters. The van der Waals surface area contributed by atoms with Gasteiger partial charge in [0.2, 0.25) is 0 Å². The molecule has 4 aromatic rings. The smallest absolute Gasteiger partial charge is 0.00384 e. The van der Waals surface area contributed by atoms with Gasteiger partial charge in [0.05, 0.1) is 0 Å². The van der Waals surface area contributed by atoms with E-state index in [2.05, 4.69) is 114 Å². The van der Waals surface area contributed by atoms with E-state index >= 15 is 0 Å². The highest BCUT2D eigenvalue weighted by molar-refractivity contribution is 6.01. The highest BCUT2D eigenvalue weighted by atomic mass is 14.1. The Morgan fingerprint density at radius 1 is 0.435 bits per heavy atom. The standard InChI is InChI=1S/C46H42/c1-33-18-11-12-22-36(4)42(27-17-21-33)37(5)29-30-40(8)45-38(6)23-13-14-24-39(7)46(44-26-16-15-25-43(44)45)41-31-28-34(2)19-9-10-20-35(3)32-41/h9-32H,1-4,6-7H2,5,8H3/b18-11?,19-9?,20-10?,21-17?,22-12?,23-13?,24-14?,31-28?,37-29+,40-30+,41-32?,42-27?,45-43?,46-44?. The molecule has 46 heavy (non-hydrogen) atoms. The summed E-state index contributed by atoms with van der Waals surface area (Å²) in [7, 11) is 0. The van der Waals surface area contributed by atoms with Gasteiger partial charge in [0.15, 0.2) is 0 Å². The topological polar surface area (TPSA) is 0 Å². The Morgan fingerprint density at radius 3 is 1.63 bits per heavy atom. The van der Waals surface area contributed by atoms with Crippen molar-refractivity contribution >= 4 is 61.4 Å². The van der Waals surface area contributed by atoms with Crippen LogP contribution < -0.4 is 31.3 Å². The van der Waals surface area contributed by atoms with Crippen LogP contribution >= 0.6 is 0 Å². The van der Waals surface area contributed by atoms with E-state index in [-0.39, 0.29) is 0 Å². The third-order valence-electron chi connectivity index (χ3n) is 7.69. The molecular formula is C46H42. The molecule has 0 saturated heterocycles. The summed E-state index contributed by atoms with van der Waals surface area (Å²) in [4.78, 5) is 0. The maximum absolute atomic E-state index is 4.52. The van der Waals surface area contributed by atoms with Crippen LogP contribution in [0.4, 0.5) is 0 Å². The van der Waals surface area contributed by atoms with Gasteiger partial charge in [0.25, 0.3) is 0 Å². The average molecular weight is 595 g/mol. The summed E-state index contributed by atoms with van der Waals surface area (Å²) in [6, 6.07) is 44.9. The van der Waals surface area contributed by atoms with Crippen molar-refractivity contribution < 1.29 is 0 Å². The summed E-state index contributed by atoms with van der Waals surface area (Å²) in [5.74, 6) is 0. The summed E-state index contributed by atoms with van der Waals surface area (Å²) in [6.45, 7) is 30.2.